The number of rotatable bonds is 7. The largest absolute Gasteiger partial charge is 0.325 e. The molecule has 0 bridgehead atoms. The highest BCUT2D eigenvalue weighted by Crippen LogP contribution is 2.26. The second-order valence-corrected chi connectivity index (χ2v) is 9.14. The van der Waals surface area contributed by atoms with Gasteiger partial charge in [-0.1, -0.05) is 36.4 Å². The molecular formula is C24H27N5O3S. The summed E-state index contributed by atoms with van der Waals surface area (Å²) in [5, 5.41) is 13.6. The molecule has 2 aromatic carbocycles. The monoisotopic (exact) mass is 465 g/mol. The minimum absolute atomic E-state index is 0.0988. The topological polar surface area (TPSA) is 117 Å². The molecule has 172 valence electrons. The van der Waals surface area contributed by atoms with Gasteiger partial charge in [0.05, 0.1) is 10.9 Å². The molecule has 0 saturated carbocycles. The summed E-state index contributed by atoms with van der Waals surface area (Å²) in [7, 11) is 0. The molecule has 2 amide bonds. The Labute approximate surface area is 196 Å². The van der Waals surface area contributed by atoms with Crippen molar-refractivity contribution in [3.8, 4) is 11.3 Å². The van der Waals surface area contributed by atoms with Crippen LogP contribution in [0.5, 0.6) is 0 Å². The van der Waals surface area contributed by atoms with Crippen molar-refractivity contribution >= 4 is 35.0 Å². The zero-order chi connectivity index (χ0) is 24.1. The Morgan fingerprint density at radius 1 is 1.03 bits per heavy atom. The molecule has 1 heterocycles. The molecule has 9 heteroatoms. The van der Waals surface area contributed by atoms with Crippen LogP contribution in [0, 0.1) is 20.8 Å². The predicted octanol–water partition coefficient (Wildman–Crippen LogP) is 4.22. The number of nitrogens with one attached hydrogen (secondary N) is 3. The van der Waals surface area contributed by atoms with Gasteiger partial charge in [-0.3, -0.25) is 19.4 Å². The van der Waals surface area contributed by atoms with Gasteiger partial charge < -0.3 is 10.6 Å². The summed E-state index contributed by atoms with van der Waals surface area (Å²) >= 11 is 1.11. The first kappa shape index (κ1) is 24.2. The van der Waals surface area contributed by atoms with E-state index in [1.54, 1.807) is 26.0 Å². The van der Waals surface area contributed by atoms with Crippen LogP contribution in [0.25, 0.3) is 11.3 Å². The molecule has 0 saturated heterocycles. The van der Waals surface area contributed by atoms with Gasteiger partial charge in [0, 0.05) is 17.7 Å². The number of hydrogen-bond donors (Lipinski definition) is 3. The third-order valence-corrected chi connectivity index (χ3v) is 6.11. The van der Waals surface area contributed by atoms with Gasteiger partial charge in [0.15, 0.2) is 10.9 Å². The highest BCUT2D eigenvalue weighted by Gasteiger charge is 2.19. The Balaban J connectivity index is 1.77. The van der Waals surface area contributed by atoms with Gasteiger partial charge in [-0.15, -0.1) is 10.2 Å². The molecule has 0 spiro atoms. The maximum absolute atomic E-state index is 12.8. The summed E-state index contributed by atoms with van der Waals surface area (Å²) in [5.41, 5.74) is 4.49. The van der Waals surface area contributed by atoms with E-state index in [2.05, 4.69) is 25.8 Å². The highest BCUT2D eigenvalue weighted by molar-refractivity contribution is 8.00. The number of thioether (sulfide) groups is 1. The van der Waals surface area contributed by atoms with Crippen LogP contribution in [-0.2, 0) is 9.59 Å². The minimum Gasteiger partial charge on any atom is -0.325 e. The van der Waals surface area contributed by atoms with Crippen molar-refractivity contribution < 1.29 is 9.59 Å². The van der Waals surface area contributed by atoms with Gasteiger partial charge >= 0.3 is 0 Å². The average Bonchev–Trinajstić information content (AvgIpc) is 2.77. The number of amides is 2. The summed E-state index contributed by atoms with van der Waals surface area (Å²) in [6.07, 6.45) is 0.313. The van der Waals surface area contributed by atoms with Crippen molar-refractivity contribution in [1.82, 2.24) is 15.2 Å². The maximum Gasteiger partial charge on any atom is 0.278 e. The van der Waals surface area contributed by atoms with Crippen LogP contribution in [0.3, 0.4) is 0 Å². The molecule has 3 rings (SSSR count). The summed E-state index contributed by atoms with van der Waals surface area (Å²) in [6.45, 7) is 9.36. The van der Waals surface area contributed by atoms with Crippen LogP contribution in [0.4, 0.5) is 11.4 Å². The Bertz CT molecular complexity index is 1260. The van der Waals surface area contributed by atoms with Gasteiger partial charge in [0.1, 0.15) is 0 Å². The number of aromatic amines is 1. The van der Waals surface area contributed by atoms with Crippen molar-refractivity contribution in [2.45, 2.75) is 51.4 Å². The van der Waals surface area contributed by atoms with Crippen molar-refractivity contribution in [3.05, 3.63) is 63.4 Å². The molecule has 3 N–H and O–H groups in total. The standard InChI is InChI=1S/C24H27N5O3S/c1-6-20(30)26-19-10-7-13(2)11-18(19)21-23(32)27-24(29-28-21)33-16(5)22(31)25-17-9-8-14(3)15(4)12-17/h7-12,16H,6H2,1-5H3,(H,25,31)(H,26,30)(H,27,29,32)/t16-/m1/s1. The second-order valence-electron chi connectivity index (χ2n) is 7.81. The fourth-order valence-electron chi connectivity index (χ4n) is 3.04. The molecule has 1 atom stereocenters. The van der Waals surface area contributed by atoms with E-state index in [9.17, 15) is 14.4 Å². The summed E-state index contributed by atoms with van der Waals surface area (Å²) < 4.78 is 0. The smallest absolute Gasteiger partial charge is 0.278 e. The molecular weight excluding hydrogens is 438 g/mol. The minimum atomic E-state index is -0.513. The van der Waals surface area contributed by atoms with E-state index < -0.39 is 10.8 Å². The number of aromatic nitrogens is 3. The lowest BCUT2D eigenvalue weighted by Crippen LogP contribution is -2.24. The number of hydrogen-bond acceptors (Lipinski definition) is 6. The Morgan fingerprint density at radius 3 is 2.45 bits per heavy atom. The van der Waals surface area contributed by atoms with E-state index in [1.165, 1.54) is 0 Å². The lowest BCUT2D eigenvalue weighted by molar-refractivity contribution is -0.116. The van der Waals surface area contributed by atoms with E-state index in [0.29, 0.717) is 23.4 Å². The Morgan fingerprint density at radius 2 is 1.79 bits per heavy atom. The van der Waals surface area contributed by atoms with Crippen molar-refractivity contribution in [3.63, 3.8) is 0 Å². The molecule has 0 aliphatic carbocycles. The van der Waals surface area contributed by atoms with Crippen LogP contribution in [-0.4, -0.2) is 32.2 Å². The van der Waals surface area contributed by atoms with E-state index in [0.717, 1.165) is 28.5 Å². The molecule has 0 aliphatic heterocycles. The third kappa shape index (κ3) is 6.07. The van der Waals surface area contributed by atoms with Crippen LogP contribution >= 0.6 is 11.8 Å². The van der Waals surface area contributed by atoms with Crippen LogP contribution in [0.15, 0.2) is 46.3 Å². The lowest BCUT2D eigenvalue weighted by Gasteiger charge is -2.13. The number of carbonyl (C=O) groups excluding carboxylic acids is 2. The van der Waals surface area contributed by atoms with Gasteiger partial charge in [-0.2, -0.15) is 0 Å². The Kier molecular flexibility index (Phi) is 7.65. The number of anilines is 2. The fraction of sp³-hybridized carbons (Fsp3) is 0.292. The third-order valence-electron chi connectivity index (χ3n) is 5.13. The summed E-state index contributed by atoms with van der Waals surface area (Å²) in [6, 6.07) is 11.1. The number of aryl methyl sites for hydroxylation is 3. The van der Waals surface area contributed by atoms with E-state index >= 15 is 0 Å². The first-order valence-electron chi connectivity index (χ1n) is 10.6. The molecule has 0 unspecified atom stereocenters. The van der Waals surface area contributed by atoms with Gasteiger partial charge in [0.25, 0.3) is 5.56 Å². The molecule has 33 heavy (non-hydrogen) atoms. The molecule has 1 aromatic heterocycles. The average molecular weight is 466 g/mol. The van der Waals surface area contributed by atoms with Crippen molar-refractivity contribution in [1.29, 1.82) is 0 Å². The van der Waals surface area contributed by atoms with Gasteiger partial charge in [-0.25, -0.2) is 0 Å². The zero-order valence-corrected chi connectivity index (χ0v) is 20.1. The highest BCUT2D eigenvalue weighted by atomic mass is 32.2. The molecule has 8 nitrogen and oxygen atoms in total. The summed E-state index contributed by atoms with van der Waals surface area (Å²) in [4.78, 5) is 39.9. The number of carbonyl (C=O) groups is 2. The van der Waals surface area contributed by atoms with E-state index in [1.807, 2.05) is 45.0 Å². The lowest BCUT2D eigenvalue weighted by atomic mass is 10.1. The number of benzene rings is 2. The van der Waals surface area contributed by atoms with Crippen molar-refractivity contribution in [2.75, 3.05) is 10.6 Å². The Hall–Kier alpha value is -3.46. The van der Waals surface area contributed by atoms with Gasteiger partial charge in [-0.05, 0) is 63.1 Å². The molecule has 0 fully saturated rings. The zero-order valence-electron chi connectivity index (χ0n) is 19.3. The number of H-pyrrole nitrogens is 1. The normalized spacial score (nSPS) is 11.7. The van der Waals surface area contributed by atoms with Crippen molar-refractivity contribution in [2.24, 2.45) is 0 Å². The quantitative estimate of drug-likeness (QED) is 0.450. The fourth-order valence-corrected chi connectivity index (χ4v) is 3.78. The maximum atomic E-state index is 12.8. The van der Waals surface area contributed by atoms with E-state index in [-0.39, 0.29) is 22.7 Å². The second kappa shape index (κ2) is 10.4. The van der Waals surface area contributed by atoms with Crippen LogP contribution in [0.1, 0.15) is 37.0 Å². The SMILES string of the molecule is CCC(=O)Nc1ccc(C)cc1-c1nnc(S[C@H](C)C(=O)Nc2ccc(C)c(C)c2)[nH]c1=O. The summed E-state index contributed by atoms with van der Waals surface area (Å²) in [5.74, 6) is -0.376. The first-order chi connectivity index (χ1) is 15.7. The number of nitrogens with zero attached hydrogens (tertiary/aromatic N) is 2. The van der Waals surface area contributed by atoms with Gasteiger partial charge in [0.2, 0.25) is 11.8 Å². The van der Waals surface area contributed by atoms with E-state index in [4.69, 9.17) is 0 Å². The van der Waals surface area contributed by atoms with Crippen LogP contribution in [0.2, 0.25) is 0 Å². The first-order valence-corrected chi connectivity index (χ1v) is 11.5. The molecule has 0 radical (unpaired) electrons. The molecule has 3 aromatic rings. The molecule has 0 aliphatic rings. The van der Waals surface area contributed by atoms with Crippen LogP contribution < -0.4 is 16.2 Å². The predicted molar refractivity (Wildman–Crippen MR) is 132 cm³/mol.